The van der Waals surface area contributed by atoms with Crippen LogP contribution in [0.4, 0.5) is 0 Å². The Morgan fingerprint density at radius 1 is 1.02 bits per heavy atom. The van der Waals surface area contributed by atoms with Crippen LogP contribution in [0.15, 0.2) is 94.2 Å². The molecule has 1 aliphatic heterocycles. The summed E-state index contributed by atoms with van der Waals surface area (Å²) in [5, 5.41) is 8.83. The molecule has 0 unspecified atom stereocenters. The van der Waals surface area contributed by atoms with Crippen molar-refractivity contribution in [1.82, 2.24) is 4.57 Å². The van der Waals surface area contributed by atoms with Crippen molar-refractivity contribution in [2.75, 3.05) is 20.3 Å². The highest BCUT2D eigenvalue weighted by Gasteiger charge is 2.35. The van der Waals surface area contributed by atoms with E-state index in [-0.39, 0.29) is 17.7 Å². The Labute approximate surface area is 238 Å². The summed E-state index contributed by atoms with van der Waals surface area (Å²) in [5.74, 6) is -0.654. The molecule has 0 bridgehead atoms. The fourth-order valence-corrected chi connectivity index (χ4v) is 5.53. The van der Waals surface area contributed by atoms with Gasteiger partial charge in [0, 0.05) is 5.56 Å². The van der Waals surface area contributed by atoms with E-state index < -0.39 is 24.6 Å². The van der Waals surface area contributed by atoms with Gasteiger partial charge in [0.25, 0.3) is 5.56 Å². The first kappa shape index (κ1) is 27.6. The third kappa shape index (κ3) is 5.82. The summed E-state index contributed by atoms with van der Waals surface area (Å²) in [7, 11) is 1.56. The van der Waals surface area contributed by atoms with E-state index in [9.17, 15) is 14.4 Å². The van der Waals surface area contributed by atoms with Crippen molar-refractivity contribution in [3.63, 3.8) is 0 Å². The van der Waals surface area contributed by atoms with Crippen LogP contribution in [0, 0.1) is 0 Å². The number of hydrogen-bond acceptors (Lipinski definition) is 8. The van der Waals surface area contributed by atoms with Gasteiger partial charge in [-0.05, 0) is 48.4 Å². The average molecular weight is 571 g/mol. The lowest BCUT2D eigenvalue weighted by Gasteiger charge is -2.26. The largest absolute Gasteiger partial charge is 0.497 e. The number of carboxylic acids is 1. The molecule has 41 heavy (non-hydrogen) atoms. The number of carbonyl (C=O) groups is 2. The van der Waals surface area contributed by atoms with Gasteiger partial charge in [0.05, 0.1) is 35.6 Å². The molecular formula is C31H26N2O7S. The maximum absolute atomic E-state index is 14.0. The van der Waals surface area contributed by atoms with E-state index in [1.54, 1.807) is 56.5 Å². The summed E-state index contributed by atoms with van der Waals surface area (Å²) >= 11 is 1.21. The number of benzene rings is 3. The van der Waals surface area contributed by atoms with Crippen molar-refractivity contribution in [1.29, 1.82) is 0 Å². The smallest absolute Gasteiger partial charge is 0.341 e. The van der Waals surface area contributed by atoms with Gasteiger partial charge in [-0.1, -0.05) is 65.9 Å². The normalized spacial score (nSPS) is 14.7. The lowest BCUT2D eigenvalue weighted by molar-refractivity contribution is -0.140. The topological polar surface area (TPSA) is 116 Å². The van der Waals surface area contributed by atoms with Gasteiger partial charge in [-0.25, -0.2) is 14.6 Å². The summed E-state index contributed by atoms with van der Waals surface area (Å²) in [6.45, 7) is 1.44. The first-order valence-corrected chi connectivity index (χ1v) is 13.6. The standard InChI is InChI=1S/C31H26N2O7S/c1-3-39-30(37)26-27(20-8-5-4-6-9-20)32-31-33(28(26)21-10-7-11-23(17-21)38-2)29(36)24(41-31)16-19-12-14-22(15-13-19)40-18-25(34)35/h4-17,28H,3,18H2,1-2H3,(H,34,35)/t28-/m0/s1. The van der Waals surface area contributed by atoms with Gasteiger partial charge >= 0.3 is 11.9 Å². The SMILES string of the molecule is CCOC(=O)C1=C(c2ccccc2)N=c2sc(=Cc3ccc(OCC(=O)O)cc3)c(=O)n2[C@H]1c1cccc(OC)c1. The van der Waals surface area contributed by atoms with Gasteiger partial charge in [0.2, 0.25) is 0 Å². The Morgan fingerprint density at radius 2 is 1.78 bits per heavy atom. The van der Waals surface area contributed by atoms with E-state index >= 15 is 0 Å². The zero-order valence-corrected chi connectivity index (χ0v) is 23.1. The number of ether oxygens (including phenoxy) is 3. The Bertz CT molecular complexity index is 1810. The molecule has 0 radical (unpaired) electrons. The van der Waals surface area contributed by atoms with Crippen molar-refractivity contribution in [3.05, 3.63) is 121 Å². The van der Waals surface area contributed by atoms with Crippen molar-refractivity contribution in [2.45, 2.75) is 13.0 Å². The van der Waals surface area contributed by atoms with Crippen LogP contribution in [0.25, 0.3) is 11.8 Å². The lowest BCUT2D eigenvalue weighted by atomic mass is 9.93. The van der Waals surface area contributed by atoms with Gasteiger partial charge < -0.3 is 19.3 Å². The van der Waals surface area contributed by atoms with Crippen LogP contribution in [-0.2, 0) is 14.3 Å². The Hall–Kier alpha value is -4.96. The van der Waals surface area contributed by atoms with E-state index in [1.165, 1.54) is 15.9 Å². The Morgan fingerprint density at radius 3 is 2.46 bits per heavy atom. The van der Waals surface area contributed by atoms with Crippen LogP contribution in [0.1, 0.15) is 29.7 Å². The zero-order valence-electron chi connectivity index (χ0n) is 22.3. The summed E-state index contributed by atoms with van der Waals surface area (Å²) in [6, 6.07) is 22.5. The second-order valence-corrected chi connectivity index (χ2v) is 9.97. The number of nitrogens with zero attached hydrogens (tertiary/aromatic N) is 2. The fraction of sp³-hybridized carbons (Fsp3) is 0.161. The average Bonchev–Trinajstić information content (AvgIpc) is 3.30. The third-order valence-corrected chi connectivity index (χ3v) is 7.31. The molecule has 3 aromatic carbocycles. The number of hydrogen-bond donors (Lipinski definition) is 1. The molecule has 0 saturated heterocycles. The van der Waals surface area contributed by atoms with Gasteiger partial charge in [0.1, 0.15) is 11.5 Å². The van der Waals surface area contributed by atoms with Gasteiger partial charge in [-0.2, -0.15) is 0 Å². The number of esters is 1. The molecule has 10 heteroatoms. The molecule has 0 aliphatic carbocycles. The molecule has 0 amide bonds. The highest BCUT2D eigenvalue weighted by molar-refractivity contribution is 7.07. The Kier molecular flexibility index (Phi) is 8.11. The number of carboxylic acid groups (broad SMARTS) is 1. The number of carbonyl (C=O) groups excluding carboxylic acids is 1. The fourth-order valence-electron chi connectivity index (χ4n) is 4.52. The third-order valence-electron chi connectivity index (χ3n) is 6.32. The maximum atomic E-state index is 14.0. The minimum absolute atomic E-state index is 0.159. The van der Waals surface area contributed by atoms with E-state index in [4.69, 9.17) is 24.3 Å². The molecule has 0 saturated carbocycles. The van der Waals surface area contributed by atoms with Crippen molar-refractivity contribution < 1.29 is 28.9 Å². The predicted molar refractivity (Wildman–Crippen MR) is 154 cm³/mol. The summed E-state index contributed by atoms with van der Waals surface area (Å²) in [4.78, 5) is 43.5. The van der Waals surface area contributed by atoms with Crippen LogP contribution in [0.2, 0.25) is 0 Å². The van der Waals surface area contributed by atoms with Gasteiger partial charge in [0.15, 0.2) is 11.4 Å². The molecule has 0 fully saturated rings. The molecule has 5 rings (SSSR count). The monoisotopic (exact) mass is 570 g/mol. The first-order chi connectivity index (χ1) is 19.9. The molecule has 0 spiro atoms. The highest BCUT2D eigenvalue weighted by Crippen LogP contribution is 2.36. The van der Waals surface area contributed by atoms with Crippen molar-refractivity contribution in [2.24, 2.45) is 4.99 Å². The number of thiazole rings is 1. The van der Waals surface area contributed by atoms with Gasteiger partial charge in [-0.3, -0.25) is 9.36 Å². The van der Waals surface area contributed by atoms with Crippen LogP contribution < -0.4 is 24.4 Å². The number of aromatic nitrogens is 1. The van der Waals surface area contributed by atoms with Gasteiger partial charge in [-0.15, -0.1) is 0 Å². The molecule has 1 aliphatic rings. The second kappa shape index (κ2) is 12.1. The molecule has 1 N–H and O–H groups in total. The molecule has 1 aromatic heterocycles. The summed E-state index contributed by atoms with van der Waals surface area (Å²) in [5.41, 5.74) is 2.47. The van der Waals surface area contributed by atoms with Crippen LogP contribution >= 0.6 is 11.3 Å². The number of methoxy groups -OCH3 is 1. The number of fused-ring (bicyclic) bond motifs is 1. The summed E-state index contributed by atoms with van der Waals surface area (Å²) in [6.07, 6.45) is 1.73. The van der Waals surface area contributed by atoms with E-state index in [2.05, 4.69) is 0 Å². The molecular weight excluding hydrogens is 544 g/mol. The summed E-state index contributed by atoms with van der Waals surface area (Å²) < 4.78 is 18.1. The minimum atomic E-state index is -1.07. The van der Waals surface area contributed by atoms with Crippen LogP contribution in [-0.4, -0.2) is 41.9 Å². The molecule has 1 atom stereocenters. The van der Waals surface area contributed by atoms with E-state index in [0.717, 1.165) is 5.56 Å². The van der Waals surface area contributed by atoms with Crippen molar-refractivity contribution >= 4 is 35.0 Å². The molecule has 4 aromatic rings. The molecule has 208 valence electrons. The number of rotatable bonds is 9. The first-order valence-electron chi connectivity index (χ1n) is 12.8. The molecule has 9 nitrogen and oxygen atoms in total. The Balaban J connectivity index is 1.72. The second-order valence-electron chi connectivity index (χ2n) is 8.96. The zero-order chi connectivity index (χ0) is 28.9. The van der Waals surface area contributed by atoms with E-state index in [0.29, 0.717) is 37.7 Å². The van der Waals surface area contributed by atoms with E-state index in [1.807, 2.05) is 42.5 Å². The van der Waals surface area contributed by atoms with Crippen molar-refractivity contribution in [3.8, 4) is 11.5 Å². The lowest BCUT2D eigenvalue weighted by Crippen LogP contribution is -2.40. The minimum Gasteiger partial charge on any atom is -0.497 e. The maximum Gasteiger partial charge on any atom is 0.341 e. The quantitative estimate of drug-likeness (QED) is 0.307. The van der Waals surface area contributed by atoms with Crippen LogP contribution in [0.3, 0.4) is 0 Å². The predicted octanol–water partition coefficient (Wildman–Crippen LogP) is 3.41. The highest BCUT2D eigenvalue weighted by atomic mass is 32.1. The molecule has 2 heterocycles. The number of aliphatic carboxylic acids is 1. The van der Waals surface area contributed by atoms with Crippen LogP contribution in [0.5, 0.6) is 11.5 Å².